The summed E-state index contributed by atoms with van der Waals surface area (Å²) < 4.78 is 7.73. The third kappa shape index (κ3) is 3.94. The molecule has 0 radical (unpaired) electrons. The van der Waals surface area contributed by atoms with E-state index in [4.69, 9.17) is 16.3 Å². The summed E-state index contributed by atoms with van der Waals surface area (Å²) in [6.07, 6.45) is -0.611. The first-order valence-corrected chi connectivity index (χ1v) is 8.60. The Morgan fingerprint density at radius 2 is 1.96 bits per heavy atom. The van der Waals surface area contributed by atoms with Crippen LogP contribution in [0.5, 0.6) is 5.75 Å². The minimum absolute atomic E-state index is 0.190. The molecule has 25 heavy (non-hydrogen) atoms. The number of ether oxygens (including phenoxy) is 1. The van der Waals surface area contributed by atoms with E-state index in [-0.39, 0.29) is 5.91 Å². The van der Waals surface area contributed by atoms with Crippen LogP contribution in [0.1, 0.15) is 19.7 Å². The average Bonchev–Trinajstić information content (AvgIpc) is 2.99. The number of imidazole rings is 1. The summed E-state index contributed by atoms with van der Waals surface area (Å²) >= 11 is 5.85. The molecule has 1 aromatic heterocycles. The second-order valence-corrected chi connectivity index (χ2v) is 6.13. The largest absolute Gasteiger partial charge is 0.481 e. The van der Waals surface area contributed by atoms with Crippen molar-refractivity contribution in [3.63, 3.8) is 0 Å². The maximum atomic E-state index is 12.3. The number of halogens is 1. The van der Waals surface area contributed by atoms with E-state index in [1.54, 1.807) is 31.2 Å². The molecule has 0 bridgehead atoms. The minimum atomic E-state index is -0.611. The number of hydrogen-bond acceptors (Lipinski definition) is 3. The van der Waals surface area contributed by atoms with Gasteiger partial charge in [-0.05, 0) is 50.2 Å². The van der Waals surface area contributed by atoms with E-state index in [1.807, 2.05) is 24.3 Å². The number of nitrogens with zero attached hydrogens (tertiary/aromatic N) is 2. The number of aromatic nitrogens is 2. The number of fused-ring (bicyclic) bond motifs is 1. The van der Waals surface area contributed by atoms with E-state index < -0.39 is 6.10 Å². The van der Waals surface area contributed by atoms with Gasteiger partial charge in [0.2, 0.25) is 0 Å². The highest BCUT2D eigenvalue weighted by molar-refractivity contribution is 6.30. The van der Waals surface area contributed by atoms with Gasteiger partial charge < -0.3 is 14.6 Å². The Bertz CT molecular complexity index is 874. The second kappa shape index (κ2) is 7.57. The van der Waals surface area contributed by atoms with Gasteiger partial charge in [0.15, 0.2) is 6.10 Å². The van der Waals surface area contributed by atoms with E-state index in [0.29, 0.717) is 17.3 Å². The van der Waals surface area contributed by atoms with Crippen LogP contribution in [0.3, 0.4) is 0 Å². The molecule has 0 spiro atoms. The van der Waals surface area contributed by atoms with Gasteiger partial charge in [0, 0.05) is 11.6 Å². The van der Waals surface area contributed by atoms with Gasteiger partial charge in [-0.2, -0.15) is 0 Å². The molecule has 5 nitrogen and oxygen atoms in total. The van der Waals surface area contributed by atoms with Crippen LogP contribution < -0.4 is 10.1 Å². The zero-order valence-corrected chi connectivity index (χ0v) is 15.0. The lowest BCUT2D eigenvalue weighted by Crippen LogP contribution is -2.36. The molecular weight excluding hydrogens is 338 g/mol. The van der Waals surface area contributed by atoms with E-state index >= 15 is 0 Å². The smallest absolute Gasteiger partial charge is 0.261 e. The average molecular weight is 358 g/mol. The van der Waals surface area contributed by atoms with Crippen LogP contribution in [0.25, 0.3) is 11.0 Å². The van der Waals surface area contributed by atoms with E-state index in [0.717, 1.165) is 23.4 Å². The van der Waals surface area contributed by atoms with Crippen molar-refractivity contribution in [2.75, 3.05) is 0 Å². The number of carbonyl (C=O) groups excluding carboxylic acids is 1. The summed E-state index contributed by atoms with van der Waals surface area (Å²) in [5.41, 5.74) is 2.00. The third-order valence-electron chi connectivity index (χ3n) is 3.97. The minimum Gasteiger partial charge on any atom is -0.481 e. The molecule has 0 saturated heterocycles. The van der Waals surface area contributed by atoms with Crippen molar-refractivity contribution in [1.29, 1.82) is 0 Å². The predicted molar refractivity (Wildman–Crippen MR) is 98.8 cm³/mol. The van der Waals surface area contributed by atoms with Gasteiger partial charge in [-0.3, -0.25) is 4.79 Å². The number of aryl methyl sites for hydroxylation is 1. The first-order valence-electron chi connectivity index (χ1n) is 8.22. The van der Waals surface area contributed by atoms with Gasteiger partial charge in [0.05, 0.1) is 17.6 Å². The first-order chi connectivity index (χ1) is 12.1. The molecule has 1 amide bonds. The lowest BCUT2D eigenvalue weighted by molar-refractivity contribution is -0.127. The fourth-order valence-electron chi connectivity index (χ4n) is 2.69. The van der Waals surface area contributed by atoms with Gasteiger partial charge in [0.25, 0.3) is 5.91 Å². The monoisotopic (exact) mass is 357 g/mol. The van der Waals surface area contributed by atoms with Crippen LogP contribution in [0.4, 0.5) is 0 Å². The highest BCUT2D eigenvalue weighted by Crippen LogP contribution is 2.17. The molecule has 6 heteroatoms. The van der Waals surface area contributed by atoms with Crippen LogP contribution in [0.2, 0.25) is 5.02 Å². The van der Waals surface area contributed by atoms with Crippen LogP contribution in [0, 0.1) is 0 Å². The Kier molecular flexibility index (Phi) is 5.24. The highest BCUT2D eigenvalue weighted by Gasteiger charge is 2.16. The first kappa shape index (κ1) is 17.3. The van der Waals surface area contributed by atoms with Gasteiger partial charge in [-0.25, -0.2) is 4.98 Å². The van der Waals surface area contributed by atoms with Crippen LogP contribution in [0.15, 0.2) is 48.5 Å². The standard InChI is InChI=1S/C19H20ClN3O2/c1-3-23-17-7-5-4-6-16(17)22-18(23)12-21-19(24)13(2)25-15-10-8-14(20)9-11-15/h4-11,13H,3,12H2,1-2H3,(H,21,24)/t13-/m0/s1. The molecule has 0 fully saturated rings. The highest BCUT2D eigenvalue weighted by atomic mass is 35.5. The van der Waals surface area contributed by atoms with E-state index in [9.17, 15) is 4.79 Å². The normalized spacial score (nSPS) is 12.1. The number of amides is 1. The molecule has 0 aliphatic carbocycles. The number of para-hydroxylation sites is 2. The summed E-state index contributed by atoms with van der Waals surface area (Å²) in [5.74, 6) is 1.24. The number of rotatable bonds is 6. The molecule has 0 aliphatic rings. The van der Waals surface area contributed by atoms with Gasteiger partial charge in [0.1, 0.15) is 11.6 Å². The summed E-state index contributed by atoms with van der Waals surface area (Å²) in [6.45, 7) is 4.93. The Balaban J connectivity index is 1.64. The number of carbonyl (C=O) groups is 1. The van der Waals surface area contributed by atoms with Gasteiger partial charge >= 0.3 is 0 Å². The molecule has 1 atom stereocenters. The second-order valence-electron chi connectivity index (χ2n) is 5.69. The van der Waals surface area contributed by atoms with Crippen molar-refractivity contribution in [2.45, 2.75) is 33.0 Å². The van der Waals surface area contributed by atoms with E-state index in [1.165, 1.54) is 0 Å². The summed E-state index contributed by atoms with van der Waals surface area (Å²) in [7, 11) is 0. The van der Waals surface area contributed by atoms with Crippen molar-refractivity contribution in [3.05, 3.63) is 59.4 Å². The van der Waals surface area contributed by atoms with Crippen molar-refractivity contribution >= 4 is 28.5 Å². The Hall–Kier alpha value is -2.53. The lowest BCUT2D eigenvalue weighted by atomic mass is 10.3. The Labute approximate surface area is 151 Å². The van der Waals surface area contributed by atoms with E-state index in [2.05, 4.69) is 21.8 Å². The molecular formula is C19H20ClN3O2. The molecule has 0 aliphatic heterocycles. The molecule has 0 saturated carbocycles. The third-order valence-corrected chi connectivity index (χ3v) is 4.22. The summed E-state index contributed by atoms with van der Waals surface area (Å²) in [4.78, 5) is 16.9. The topological polar surface area (TPSA) is 56.2 Å². The molecule has 1 N–H and O–H groups in total. The zero-order valence-electron chi connectivity index (χ0n) is 14.2. The number of nitrogens with one attached hydrogen (secondary N) is 1. The lowest BCUT2D eigenvalue weighted by Gasteiger charge is -2.15. The van der Waals surface area contributed by atoms with Crippen molar-refractivity contribution in [1.82, 2.24) is 14.9 Å². The zero-order chi connectivity index (χ0) is 17.8. The molecule has 3 aromatic rings. The van der Waals surface area contributed by atoms with Gasteiger partial charge in [-0.1, -0.05) is 23.7 Å². The maximum Gasteiger partial charge on any atom is 0.261 e. The van der Waals surface area contributed by atoms with Crippen LogP contribution in [-0.2, 0) is 17.9 Å². The summed E-state index contributed by atoms with van der Waals surface area (Å²) in [6, 6.07) is 14.9. The molecule has 130 valence electrons. The number of benzene rings is 2. The van der Waals surface area contributed by atoms with Crippen LogP contribution in [-0.4, -0.2) is 21.6 Å². The van der Waals surface area contributed by atoms with Crippen molar-refractivity contribution in [3.8, 4) is 5.75 Å². The number of hydrogen-bond donors (Lipinski definition) is 1. The fraction of sp³-hybridized carbons (Fsp3) is 0.263. The quantitative estimate of drug-likeness (QED) is 0.730. The van der Waals surface area contributed by atoms with Crippen molar-refractivity contribution in [2.24, 2.45) is 0 Å². The van der Waals surface area contributed by atoms with Crippen LogP contribution >= 0.6 is 11.6 Å². The maximum absolute atomic E-state index is 12.3. The van der Waals surface area contributed by atoms with Gasteiger partial charge in [-0.15, -0.1) is 0 Å². The molecule has 3 rings (SSSR count). The molecule has 1 heterocycles. The SMILES string of the molecule is CCn1c(CNC(=O)[C@H](C)Oc2ccc(Cl)cc2)nc2ccccc21. The Morgan fingerprint density at radius 1 is 1.24 bits per heavy atom. The Morgan fingerprint density at radius 3 is 2.68 bits per heavy atom. The predicted octanol–water partition coefficient (Wildman–Crippen LogP) is 3.79. The molecule has 2 aromatic carbocycles. The molecule has 0 unspecified atom stereocenters. The summed E-state index contributed by atoms with van der Waals surface area (Å²) in [5, 5.41) is 3.52. The fourth-order valence-corrected chi connectivity index (χ4v) is 2.82. The van der Waals surface area contributed by atoms with Crippen molar-refractivity contribution < 1.29 is 9.53 Å².